The van der Waals surface area contributed by atoms with Gasteiger partial charge in [-0.3, -0.25) is 0 Å². The molecule has 0 saturated heterocycles. The summed E-state index contributed by atoms with van der Waals surface area (Å²) in [6.07, 6.45) is 2.36. The molecule has 0 aliphatic rings. The minimum absolute atomic E-state index is 0.465. The molecule has 1 nitrogen and oxygen atoms in total. The molecule has 0 aromatic heterocycles. The molecule has 12 heavy (non-hydrogen) atoms. The Morgan fingerprint density at radius 1 is 1.33 bits per heavy atom. The van der Waals surface area contributed by atoms with Gasteiger partial charge in [-0.05, 0) is 20.3 Å². The molecule has 1 heteroatoms. The fourth-order valence-corrected chi connectivity index (χ4v) is 1.31. The first-order chi connectivity index (χ1) is 5.50. The number of likely N-dealkylation sites (N-methyl/N-ethyl adjacent to an activating group) is 1. The molecule has 1 unspecified atom stereocenters. The summed E-state index contributed by atoms with van der Waals surface area (Å²) in [4.78, 5) is 2.20. The van der Waals surface area contributed by atoms with Crippen LogP contribution in [0.5, 0.6) is 0 Å². The Labute approximate surface area is 76.8 Å². The maximum atomic E-state index is 3.99. The van der Waals surface area contributed by atoms with Gasteiger partial charge in [0.1, 0.15) is 0 Å². The molecule has 0 bridgehead atoms. The van der Waals surface area contributed by atoms with Gasteiger partial charge in [-0.25, -0.2) is 0 Å². The average Bonchev–Trinajstić information content (AvgIpc) is 1.98. The molecule has 0 aliphatic heterocycles. The van der Waals surface area contributed by atoms with Crippen LogP contribution in [0.1, 0.15) is 33.6 Å². The third kappa shape index (κ3) is 3.12. The highest BCUT2D eigenvalue weighted by molar-refractivity contribution is 5.06. The van der Waals surface area contributed by atoms with Crippen molar-refractivity contribution in [3.8, 4) is 0 Å². The van der Waals surface area contributed by atoms with Gasteiger partial charge in [-0.1, -0.05) is 32.1 Å². The van der Waals surface area contributed by atoms with E-state index in [1.165, 1.54) is 18.4 Å². The van der Waals surface area contributed by atoms with Gasteiger partial charge in [-0.15, -0.1) is 0 Å². The number of hydrogen-bond acceptors (Lipinski definition) is 1. The summed E-state index contributed by atoms with van der Waals surface area (Å²) in [7, 11) is 2.08. The molecular formula is C11H21N. The third-order valence-electron chi connectivity index (χ3n) is 2.20. The van der Waals surface area contributed by atoms with Gasteiger partial charge in [0.15, 0.2) is 0 Å². The van der Waals surface area contributed by atoms with E-state index in [1.54, 1.807) is 0 Å². The molecule has 0 aromatic carbocycles. The predicted molar refractivity (Wildman–Crippen MR) is 56.1 cm³/mol. The summed E-state index contributed by atoms with van der Waals surface area (Å²) < 4.78 is 0. The van der Waals surface area contributed by atoms with E-state index in [0.717, 1.165) is 5.70 Å². The van der Waals surface area contributed by atoms with Gasteiger partial charge in [0.25, 0.3) is 0 Å². The van der Waals surface area contributed by atoms with E-state index in [0.29, 0.717) is 6.04 Å². The van der Waals surface area contributed by atoms with Gasteiger partial charge in [0, 0.05) is 18.8 Å². The molecule has 0 saturated carbocycles. The van der Waals surface area contributed by atoms with E-state index in [9.17, 15) is 0 Å². The van der Waals surface area contributed by atoms with E-state index in [-0.39, 0.29) is 0 Å². The second-order valence-electron chi connectivity index (χ2n) is 3.50. The zero-order valence-corrected chi connectivity index (χ0v) is 8.85. The lowest BCUT2D eigenvalue weighted by Gasteiger charge is -2.30. The van der Waals surface area contributed by atoms with E-state index in [2.05, 4.69) is 39.0 Å². The van der Waals surface area contributed by atoms with Crippen LogP contribution in [-0.4, -0.2) is 18.0 Å². The van der Waals surface area contributed by atoms with Crippen LogP contribution in [0.15, 0.2) is 24.4 Å². The van der Waals surface area contributed by atoms with Gasteiger partial charge < -0.3 is 4.90 Å². The zero-order valence-electron chi connectivity index (χ0n) is 8.85. The minimum atomic E-state index is 0.465. The second-order valence-corrected chi connectivity index (χ2v) is 3.50. The van der Waals surface area contributed by atoms with Crippen molar-refractivity contribution in [1.82, 2.24) is 4.90 Å². The lowest BCUT2D eigenvalue weighted by Crippen LogP contribution is -2.30. The third-order valence-corrected chi connectivity index (χ3v) is 2.20. The molecule has 0 aromatic rings. The van der Waals surface area contributed by atoms with Crippen LogP contribution in [0.4, 0.5) is 0 Å². The smallest absolute Gasteiger partial charge is 0.0490 e. The Bertz CT molecular complexity index is 170. The SMILES string of the molecule is C=C(C)C(CCC)N(C)C(=C)C. The minimum Gasteiger partial charge on any atom is -0.372 e. The Balaban J connectivity index is 4.28. The van der Waals surface area contributed by atoms with Gasteiger partial charge >= 0.3 is 0 Å². The highest BCUT2D eigenvalue weighted by atomic mass is 15.1. The van der Waals surface area contributed by atoms with Crippen molar-refractivity contribution in [2.75, 3.05) is 7.05 Å². The lowest BCUT2D eigenvalue weighted by atomic mass is 10.0. The Kier molecular flexibility index (Phi) is 4.72. The first-order valence-electron chi connectivity index (χ1n) is 4.54. The van der Waals surface area contributed by atoms with E-state index in [1.807, 2.05) is 6.92 Å². The summed E-state index contributed by atoms with van der Waals surface area (Å²) in [5, 5.41) is 0. The Morgan fingerprint density at radius 3 is 2.08 bits per heavy atom. The molecule has 70 valence electrons. The monoisotopic (exact) mass is 167 g/mol. The summed E-state index contributed by atoms with van der Waals surface area (Å²) >= 11 is 0. The fraction of sp³-hybridized carbons (Fsp3) is 0.636. The van der Waals surface area contributed by atoms with Crippen molar-refractivity contribution in [1.29, 1.82) is 0 Å². The lowest BCUT2D eigenvalue weighted by molar-refractivity contribution is 0.324. The van der Waals surface area contributed by atoms with Crippen LogP contribution in [-0.2, 0) is 0 Å². The first-order valence-corrected chi connectivity index (χ1v) is 4.54. The van der Waals surface area contributed by atoms with Crippen molar-refractivity contribution in [2.45, 2.75) is 39.7 Å². The highest BCUT2D eigenvalue weighted by Gasteiger charge is 2.13. The van der Waals surface area contributed by atoms with Gasteiger partial charge in [-0.2, -0.15) is 0 Å². The zero-order chi connectivity index (χ0) is 9.72. The van der Waals surface area contributed by atoms with Gasteiger partial charge in [0.05, 0.1) is 0 Å². The first kappa shape index (κ1) is 11.3. The summed E-state index contributed by atoms with van der Waals surface area (Å²) in [5.74, 6) is 0. The van der Waals surface area contributed by atoms with Gasteiger partial charge in [0.2, 0.25) is 0 Å². The topological polar surface area (TPSA) is 3.24 Å². The quantitative estimate of drug-likeness (QED) is 0.568. The Morgan fingerprint density at radius 2 is 1.83 bits per heavy atom. The average molecular weight is 167 g/mol. The maximum Gasteiger partial charge on any atom is 0.0490 e. The molecular weight excluding hydrogens is 146 g/mol. The fourth-order valence-electron chi connectivity index (χ4n) is 1.31. The molecule has 0 amide bonds. The molecule has 0 N–H and O–H groups in total. The van der Waals surface area contributed by atoms with E-state index < -0.39 is 0 Å². The van der Waals surface area contributed by atoms with Crippen LogP contribution in [0.25, 0.3) is 0 Å². The van der Waals surface area contributed by atoms with E-state index in [4.69, 9.17) is 0 Å². The largest absolute Gasteiger partial charge is 0.372 e. The molecule has 1 atom stereocenters. The normalized spacial score (nSPS) is 12.3. The van der Waals surface area contributed by atoms with Crippen LogP contribution in [0, 0.1) is 0 Å². The van der Waals surface area contributed by atoms with Crippen molar-refractivity contribution in [3.63, 3.8) is 0 Å². The van der Waals surface area contributed by atoms with Crippen molar-refractivity contribution in [2.24, 2.45) is 0 Å². The molecule has 0 radical (unpaired) electrons. The summed E-state index contributed by atoms with van der Waals surface area (Å²) in [6.45, 7) is 14.2. The van der Waals surface area contributed by atoms with Crippen molar-refractivity contribution < 1.29 is 0 Å². The summed E-state index contributed by atoms with van der Waals surface area (Å²) in [6, 6.07) is 0.465. The maximum absolute atomic E-state index is 3.99. The molecule has 0 aliphatic carbocycles. The molecule has 0 heterocycles. The number of rotatable bonds is 5. The van der Waals surface area contributed by atoms with Crippen LogP contribution in [0.3, 0.4) is 0 Å². The number of nitrogens with zero attached hydrogens (tertiary/aromatic N) is 1. The van der Waals surface area contributed by atoms with E-state index >= 15 is 0 Å². The molecule has 0 rings (SSSR count). The van der Waals surface area contributed by atoms with Crippen LogP contribution >= 0.6 is 0 Å². The van der Waals surface area contributed by atoms with Crippen molar-refractivity contribution >= 4 is 0 Å². The van der Waals surface area contributed by atoms with Crippen LogP contribution in [0.2, 0.25) is 0 Å². The standard InChI is InChI=1S/C11H21N/c1-7-8-11(9(2)3)12(6)10(4)5/h11H,2,4,7-8H2,1,3,5-6H3. The highest BCUT2D eigenvalue weighted by Crippen LogP contribution is 2.16. The Hall–Kier alpha value is -0.720. The number of hydrogen-bond donors (Lipinski definition) is 0. The molecule has 0 fully saturated rings. The number of allylic oxidation sites excluding steroid dienone is 1. The van der Waals surface area contributed by atoms with Crippen molar-refractivity contribution in [3.05, 3.63) is 24.4 Å². The summed E-state index contributed by atoms with van der Waals surface area (Å²) in [5.41, 5.74) is 2.33. The second kappa shape index (κ2) is 5.02. The molecule has 0 spiro atoms. The van der Waals surface area contributed by atoms with Crippen LogP contribution < -0.4 is 0 Å². The predicted octanol–water partition coefficient (Wildman–Crippen LogP) is 3.20.